The van der Waals surface area contributed by atoms with E-state index in [1.54, 1.807) is 24.3 Å². The van der Waals surface area contributed by atoms with E-state index >= 15 is 0 Å². The number of hydrogen-bond donors (Lipinski definition) is 2. The number of aromatic nitrogens is 1. The second-order valence-corrected chi connectivity index (χ2v) is 17.1. The SMILES string of the molecule is CC(C)(C)[Si](C)(C)O[C@@H](CN(CCc1cccc([N+](=O)[O-])c1)C(=O)O)c1ccc(OCc2ccccc2)c2[nH]c(=O)ccc12. The minimum atomic E-state index is -2.43. The lowest BCUT2D eigenvalue weighted by atomic mass is 10.0. The van der Waals surface area contributed by atoms with Gasteiger partial charge in [0.15, 0.2) is 8.32 Å². The van der Waals surface area contributed by atoms with Crippen LogP contribution in [0.4, 0.5) is 10.5 Å². The molecule has 0 saturated heterocycles. The Labute approximate surface area is 257 Å². The number of H-pyrrole nitrogens is 1. The fraction of sp³-hybridized carbons (Fsp3) is 0.333. The molecule has 1 heterocycles. The molecule has 4 aromatic rings. The van der Waals surface area contributed by atoms with Gasteiger partial charge in [0.05, 0.1) is 23.1 Å². The molecule has 0 saturated carbocycles. The number of benzene rings is 3. The van der Waals surface area contributed by atoms with Crippen LogP contribution in [0.5, 0.6) is 5.75 Å². The maximum Gasteiger partial charge on any atom is 0.407 e. The number of amides is 1. The molecule has 1 amide bonds. The van der Waals surface area contributed by atoms with Crippen molar-refractivity contribution in [1.29, 1.82) is 0 Å². The normalized spacial score (nSPS) is 12.6. The first-order valence-electron chi connectivity index (χ1n) is 14.5. The third-order valence-electron chi connectivity index (χ3n) is 8.17. The standard InChI is InChI=1S/C33H39N3O7Si/c1-33(2,3)44(4,5)43-29(21-35(32(38)39)19-18-23-12-9-13-25(20-23)36(40)41)26-14-16-28(31-27(26)15-17-30(37)34-31)42-22-24-10-7-6-8-11-24/h6-17,20,29H,18-19,21-22H2,1-5H3,(H,34,37)(H,38,39)/t29-/m0/s1. The van der Waals surface area contributed by atoms with Gasteiger partial charge in [0.25, 0.3) is 5.69 Å². The van der Waals surface area contributed by atoms with Crippen LogP contribution in [-0.2, 0) is 17.5 Å². The van der Waals surface area contributed by atoms with Crippen LogP contribution in [0.15, 0.2) is 83.7 Å². The molecule has 0 fully saturated rings. The summed E-state index contributed by atoms with van der Waals surface area (Å²) in [5.74, 6) is 0.497. The Morgan fingerprint density at radius 2 is 1.73 bits per heavy atom. The molecule has 0 aliphatic rings. The van der Waals surface area contributed by atoms with Gasteiger partial charge in [-0.25, -0.2) is 4.79 Å². The second kappa shape index (κ2) is 13.4. The molecule has 232 valence electrons. The minimum absolute atomic E-state index is 0.0230. The number of carboxylic acid groups (broad SMARTS) is 1. The van der Waals surface area contributed by atoms with Crippen LogP contribution in [0.2, 0.25) is 18.1 Å². The average molecular weight is 618 g/mol. The van der Waals surface area contributed by atoms with Gasteiger partial charge < -0.3 is 24.2 Å². The van der Waals surface area contributed by atoms with Crippen LogP contribution in [0.3, 0.4) is 0 Å². The number of carbonyl (C=O) groups is 1. The van der Waals surface area contributed by atoms with Crippen molar-refractivity contribution in [2.75, 3.05) is 13.1 Å². The van der Waals surface area contributed by atoms with E-state index in [1.165, 1.54) is 23.1 Å². The molecule has 0 aliphatic heterocycles. The van der Waals surface area contributed by atoms with Gasteiger partial charge in [-0.3, -0.25) is 14.9 Å². The van der Waals surface area contributed by atoms with Crippen LogP contribution < -0.4 is 10.3 Å². The summed E-state index contributed by atoms with van der Waals surface area (Å²) >= 11 is 0. The van der Waals surface area contributed by atoms with E-state index in [-0.39, 0.29) is 29.4 Å². The first-order chi connectivity index (χ1) is 20.7. The van der Waals surface area contributed by atoms with Crippen LogP contribution in [-0.4, -0.2) is 47.4 Å². The van der Waals surface area contributed by atoms with Gasteiger partial charge in [-0.2, -0.15) is 0 Å². The summed E-state index contributed by atoms with van der Waals surface area (Å²) in [7, 11) is -2.43. The van der Waals surface area contributed by atoms with Crippen molar-refractivity contribution < 1.29 is 24.0 Å². The Kier molecular flexibility index (Phi) is 9.90. The van der Waals surface area contributed by atoms with E-state index in [1.807, 2.05) is 36.4 Å². The highest BCUT2D eigenvalue weighted by Gasteiger charge is 2.40. The Hall–Kier alpha value is -4.48. The van der Waals surface area contributed by atoms with E-state index in [9.17, 15) is 24.8 Å². The first-order valence-corrected chi connectivity index (χ1v) is 17.4. The van der Waals surface area contributed by atoms with Gasteiger partial charge in [0.2, 0.25) is 5.56 Å². The lowest BCUT2D eigenvalue weighted by Crippen LogP contribution is -2.45. The highest BCUT2D eigenvalue weighted by Crippen LogP contribution is 2.41. The molecule has 2 N–H and O–H groups in total. The summed E-state index contributed by atoms with van der Waals surface area (Å²) in [6.07, 6.45) is -1.49. The molecular formula is C33H39N3O7Si. The first kappa shape index (κ1) is 32.4. The quantitative estimate of drug-likeness (QED) is 0.0967. The van der Waals surface area contributed by atoms with Crippen molar-refractivity contribution in [2.24, 2.45) is 0 Å². The predicted octanol–water partition coefficient (Wildman–Crippen LogP) is 7.30. The Bertz CT molecular complexity index is 1680. The highest BCUT2D eigenvalue weighted by atomic mass is 28.4. The monoisotopic (exact) mass is 617 g/mol. The van der Waals surface area contributed by atoms with Gasteiger partial charge in [-0.1, -0.05) is 69.3 Å². The van der Waals surface area contributed by atoms with Gasteiger partial charge in [-0.05, 0) is 53.4 Å². The zero-order valence-electron chi connectivity index (χ0n) is 25.7. The van der Waals surface area contributed by atoms with E-state index in [0.717, 1.165) is 11.1 Å². The minimum Gasteiger partial charge on any atom is -0.487 e. The number of hydrogen-bond acceptors (Lipinski definition) is 6. The van der Waals surface area contributed by atoms with Crippen molar-refractivity contribution >= 4 is 31.0 Å². The van der Waals surface area contributed by atoms with Gasteiger partial charge in [-0.15, -0.1) is 0 Å². The van der Waals surface area contributed by atoms with Crippen LogP contribution >= 0.6 is 0 Å². The smallest absolute Gasteiger partial charge is 0.407 e. The number of ether oxygens (including phenoxy) is 1. The van der Waals surface area contributed by atoms with Crippen molar-refractivity contribution in [1.82, 2.24) is 9.88 Å². The topological polar surface area (TPSA) is 135 Å². The number of aromatic amines is 1. The summed E-state index contributed by atoms with van der Waals surface area (Å²) < 4.78 is 13.0. The fourth-order valence-corrected chi connectivity index (χ4v) is 5.94. The molecule has 0 radical (unpaired) electrons. The zero-order chi connectivity index (χ0) is 32.1. The second-order valence-electron chi connectivity index (χ2n) is 12.3. The summed E-state index contributed by atoms with van der Waals surface area (Å²) in [5.41, 5.74) is 2.55. The van der Waals surface area contributed by atoms with Gasteiger partial charge in [0.1, 0.15) is 12.4 Å². The summed E-state index contributed by atoms with van der Waals surface area (Å²) in [4.78, 5) is 39.9. The summed E-state index contributed by atoms with van der Waals surface area (Å²) in [6.45, 7) is 11.0. The molecular weight excluding hydrogens is 578 g/mol. The van der Waals surface area contributed by atoms with Gasteiger partial charge in [0, 0.05) is 30.1 Å². The number of fused-ring (bicyclic) bond motifs is 1. The zero-order valence-corrected chi connectivity index (χ0v) is 26.7. The summed E-state index contributed by atoms with van der Waals surface area (Å²) in [5, 5.41) is 22.0. The largest absolute Gasteiger partial charge is 0.487 e. The van der Waals surface area contributed by atoms with E-state index < -0.39 is 25.4 Å². The number of nitro benzene ring substituents is 1. The van der Waals surface area contributed by atoms with Crippen LogP contribution in [0.25, 0.3) is 10.9 Å². The molecule has 4 rings (SSSR count). The lowest BCUT2D eigenvalue weighted by Gasteiger charge is -2.40. The third-order valence-corrected chi connectivity index (χ3v) is 12.7. The maximum absolute atomic E-state index is 12.5. The molecule has 44 heavy (non-hydrogen) atoms. The molecule has 3 aromatic carbocycles. The Balaban J connectivity index is 1.71. The highest BCUT2D eigenvalue weighted by molar-refractivity contribution is 6.74. The van der Waals surface area contributed by atoms with Crippen molar-refractivity contribution in [3.8, 4) is 5.75 Å². The van der Waals surface area contributed by atoms with E-state index in [4.69, 9.17) is 9.16 Å². The average Bonchev–Trinajstić information content (AvgIpc) is 2.97. The summed E-state index contributed by atoms with van der Waals surface area (Å²) in [6, 6.07) is 22.7. The van der Waals surface area contributed by atoms with Crippen molar-refractivity contribution in [3.05, 3.63) is 116 Å². The van der Waals surface area contributed by atoms with E-state index in [0.29, 0.717) is 35.2 Å². The molecule has 1 atom stereocenters. The number of nitro groups is 1. The van der Waals surface area contributed by atoms with Crippen LogP contribution in [0.1, 0.15) is 43.6 Å². The fourth-order valence-electron chi connectivity index (χ4n) is 4.67. The number of non-ortho nitro benzene ring substituents is 1. The van der Waals surface area contributed by atoms with Crippen molar-refractivity contribution in [2.45, 2.75) is 58.0 Å². The maximum atomic E-state index is 12.5. The molecule has 0 unspecified atom stereocenters. The van der Waals surface area contributed by atoms with Crippen molar-refractivity contribution in [3.63, 3.8) is 0 Å². The molecule has 0 aliphatic carbocycles. The molecule has 0 spiro atoms. The Morgan fingerprint density at radius 3 is 2.39 bits per heavy atom. The molecule has 10 nitrogen and oxygen atoms in total. The predicted molar refractivity (Wildman–Crippen MR) is 173 cm³/mol. The Morgan fingerprint density at radius 1 is 1.02 bits per heavy atom. The number of nitrogens with one attached hydrogen (secondary N) is 1. The van der Waals surface area contributed by atoms with Gasteiger partial charge >= 0.3 is 6.09 Å². The number of nitrogens with zero attached hydrogens (tertiary/aromatic N) is 2. The molecule has 0 bridgehead atoms. The molecule has 1 aromatic heterocycles. The molecule has 11 heteroatoms. The third kappa shape index (κ3) is 7.91. The number of rotatable bonds is 12. The van der Waals surface area contributed by atoms with Crippen LogP contribution in [0, 0.1) is 10.1 Å². The number of pyridine rings is 1. The van der Waals surface area contributed by atoms with E-state index in [2.05, 4.69) is 38.8 Å². The lowest BCUT2D eigenvalue weighted by molar-refractivity contribution is -0.384.